The fourth-order valence-electron chi connectivity index (χ4n) is 2.88. The quantitative estimate of drug-likeness (QED) is 0.851. The van der Waals surface area contributed by atoms with E-state index < -0.39 is 0 Å². The molecule has 1 aliphatic heterocycles. The number of halogens is 1. The van der Waals surface area contributed by atoms with Crippen LogP contribution in [0.1, 0.15) is 31.2 Å². The molecule has 1 aliphatic carbocycles. The lowest BCUT2D eigenvalue weighted by Gasteiger charge is -2.42. The third kappa shape index (κ3) is 1.94. The summed E-state index contributed by atoms with van der Waals surface area (Å²) >= 11 is 0. The van der Waals surface area contributed by atoms with Crippen LogP contribution in [0.25, 0.3) is 0 Å². The Hall–Kier alpha value is -1.38. The molecular formula is C14H17FN2. The highest BCUT2D eigenvalue weighted by atomic mass is 19.1. The van der Waals surface area contributed by atoms with Gasteiger partial charge in [-0.2, -0.15) is 0 Å². The highest BCUT2D eigenvalue weighted by Gasteiger charge is 2.40. The van der Waals surface area contributed by atoms with E-state index in [0.717, 1.165) is 43.8 Å². The summed E-state index contributed by atoms with van der Waals surface area (Å²) < 4.78 is 13.3. The smallest absolute Gasteiger partial charge is 0.123 e. The first-order valence-corrected chi connectivity index (χ1v) is 6.32. The van der Waals surface area contributed by atoms with E-state index >= 15 is 0 Å². The number of aliphatic imine (C=N–C) groups is 1. The zero-order chi connectivity index (χ0) is 11.7. The number of nitrogens with one attached hydrogen (secondary N) is 1. The third-order valence-electron chi connectivity index (χ3n) is 4.00. The van der Waals surface area contributed by atoms with E-state index in [4.69, 9.17) is 0 Å². The van der Waals surface area contributed by atoms with Gasteiger partial charge in [-0.25, -0.2) is 4.39 Å². The second-order valence-electron chi connectivity index (χ2n) is 5.08. The van der Waals surface area contributed by atoms with Crippen LogP contribution in [0.15, 0.2) is 29.3 Å². The van der Waals surface area contributed by atoms with Crippen LogP contribution in [0.3, 0.4) is 0 Å². The lowest BCUT2D eigenvalue weighted by Crippen LogP contribution is -2.39. The van der Waals surface area contributed by atoms with E-state index in [0.29, 0.717) is 0 Å². The molecule has 2 aliphatic rings. The van der Waals surface area contributed by atoms with Gasteiger partial charge in [0, 0.05) is 18.4 Å². The number of hydrogen-bond acceptors (Lipinski definition) is 2. The molecule has 0 unspecified atom stereocenters. The first kappa shape index (κ1) is 10.8. The van der Waals surface area contributed by atoms with Crippen molar-refractivity contribution in [2.24, 2.45) is 4.99 Å². The van der Waals surface area contributed by atoms with Crippen LogP contribution in [0.4, 0.5) is 4.39 Å². The summed E-state index contributed by atoms with van der Waals surface area (Å²) in [5.74, 6) is 0.976. The molecular weight excluding hydrogens is 215 g/mol. The van der Waals surface area contributed by atoms with Gasteiger partial charge in [0.25, 0.3) is 0 Å². The zero-order valence-corrected chi connectivity index (χ0v) is 9.88. The molecule has 1 saturated carbocycles. The lowest BCUT2D eigenvalue weighted by molar-refractivity contribution is 0.251. The molecule has 0 amide bonds. The maximum absolute atomic E-state index is 13.3. The molecule has 0 bridgehead atoms. The molecule has 0 spiro atoms. The minimum atomic E-state index is -0.130. The molecule has 2 nitrogen and oxygen atoms in total. The predicted molar refractivity (Wildman–Crippen MR) is 66.9 cm³/mol. The normalized spacial score (nSPS) is 21.6. The lowest BCUT2D eigenvalue weighted by atomic mass is 9.62. The van der Waals surface area contributed by atoms with E-state index in [1.54, 1.807) is 6.07 Å². The Kier molecular flexibility index (Phi) is 2.61. The third-order valence-corrected chi connectivity index (χ3v) is 4.00. The Morgan fingerprint density at radius 3 is 2.82 bits per heavy atom. The van der Waals surface area contributed by atoms with Gasteiger partial charge in [-0.05, 0) is 30.5 Å². The van der Waals surface area contributed by atoms with Crippen molar-refractivity contribution in [1.29, 1.82) is 0 Å². The van der Waals surface area contributed by atoms with Gasteiger partial charge >= 0.3 is 0 Å². The summed E-state index contributed by atoms with van der Waals surface area (Å²) in [6.45, 7) is 1.84. The van der Waals surface area contributed by atoms with E-state index in [1.165, 1.54) is 12.5 Å². The molecule has 3 heteroatoms. The molecule has 1 fully saturated rings. The van der Waals surface area contributed by atoms with Crippen LogP contribution in [0.5, 0.6) is 0 Å². The standard InChI is InChI=1S/C14H17FN2/c15-12-4-1-3-11(9-12)14(5-2-6-14)10-13-16-7-8-17-13/h1,3-4,9H,2,5-8,10H2,(H,16,17). The molecule has 0 radical (unpaired) electrons. The van der Waals surface area contributed by atoms with Gasteiger partial charge in [0.05, 0.1) is 12.4 Å². The van der Waals surface area contributed by atoms with Crippen molar-refractivity contribution in [3.05, 3.63) is 35.6 Å². The van der Waals surface area contributed by atoms with Gasteiger partial charge in [-0.15, -0.1) is 0 Å². The van der Waals surface area contributed by atoms with Crippen LogP contribution in [0, 0.1) is 5.82 Å². The highest BCUT2D eigenvalue weighted by Crippen LogP contribution is 2.46. The van der Waals surface area contributed by atoms with Crippen LogP contribution >= 0.6 is 0 Å². The Morgan fingerprint density at radius 1 is 1.35 bits per heavy atom. The molecule has 1 heterocycles. The molecule has 1 N–H and O–H groups in total. The monoisotopic (exact) mass is 232 g/mol. The highest BCUT2D eigenvalue weighted by molar-refractivity contribution is 5.85. The van der Waals surface area contributed by atoms with E-state index in [2.05, 4.69) is 16.4 Å². The van der Waals surface area contributed by atoms with Gasteiger partial charge in [-0.1, -0.05) is 18.6 Å². The SMILES string of the molecule is Fc1cccc(C2(CC3=NCCN3)CCC2)c1. The topological polar surface area (TPSA) is 24.4 Å². The molecule has 0 aromatic heterocycles. The Bertz CT molecular complexity index is 449. The first-order chi connectivity index (χ1) is 8.28. The van der Waals surface area contributed by atoms with Gasteiger partial charge in [0.15, 0.2) is 0 Å². The molecule has 17 heavy (non-hydrogen) atoms. The zero-order valence-electron chi connectivity index (χ0n) is 9.88. The molecule has 1 aromatic carbocycles. The molecule has 0 saturated heterocycles. The van der Waals surface area contributed by atoms with Gasteiger partial charge < -0.3 is 5.32 Å². The number of amidine groups is 1. The fourth-order valence-corrected chi connectivity index (χ4v) is 2.88. The van der Waals surface area contributed by atoms with Crippen LogP contribution < -0.4 is 5.32 Å². The summed E-state index contributed by atoms with van der Waals surface area (Å²) in [6.07, 6.45) is 4.48. The Morgan fingerprint density at radius 2 is 2.24 bits per heavy atom. The fraction of sp³-hybridized carbons (Fsp3) is 0.500. The van der Waals surface area contributed by atoms with E-state index in [9.17, 15) is 4.39 Å². The molecule has 3 rings (SSSR count). The Balaban J connectivity index is 1.86. The number of hydrogen-bond donors (Lipinski definition) is 1. The largest absolute Gasteiger partial charge is 0.372 e. The van der Waals surface area contributed by atoms with Gasteiger partial charge in [0.1, 0.15) is 5.82 Å². The van der Waals surface area contributed by atoms with Crippen molar-refractivity contribution in [3.63, 3.8) is 0 Å². The van der Waals surface area contributed by atoms with Crippen molar-refractivity contribution in [2.45, 2.75) is 31.1 Å². The maximum Gasteiger partial charge on any atom is 0.123 e. The minimum Gasteiger partial charge on any atom is -0.372 e. The second-order valence-corrected chi connectivity index (χ2v) is 5.08. The number of benzene rings is 1. The van der Waals surface area contributed by atoms with Crippen molar-refractivity contribution in [2.75, 3.05) is 13.1 Å². The number of rotatable bonds is 3. The van der Waals surface area contributed by atoms with Crippen molar-refractivity contribution < 1.29 is 4.39 Å². The summed E-state index contributed by atoms with van der Waals surface area (Å²) in [5.41, 5.74) is 1.28. The molecule has 90 valence electrons. The minimum absolute atomic E-state index is 0.130. The molecule has 1 aromatic rings. The van der Waals surface area contributed by atoms with Crippen LogP contribution in [-0.2, 0) is 5.41 Å². The van der Waals surface area contributed by atoms with Gasteiger partial charge in [0.2, 0.25) is 0 Å². The van der Waals surface area contributed by atoms with Crippen molar-refractivity contribution in [1.82, 2.24) is 5.32 Å². The van der Waals surface area contributed by atoms with Crippen LogP contribution in [0.2, 0.25) is 0 Å². The first-order valence-electron chi connectivity index (χ1n) is 6.32. The van der Waals surface area contributed by atoms with Crippen molar-refractivity contribution >= 4 is 5.84 Å². The summed E-state index contributed by atoms with van der Waals surface area (Å²) in [4.78, 5) is 4.46. The van der Waals surface area contributed by atoms with Crippen molar-refractivity contribution in [3.8, 4) is 0 Å². The maximum atomic E-state index is 13.3. The van der Waals surface area contributed by atoms with E-state index in [-0.39, 0.29) is 11.2 Å². The van der Waals surface area contributed by atoms with E-state index in [1.807, 2.05) is 6.07 Å². The van der Waals surface area contributed by atoms with Gasteiger partial charge in [-0.3, -0.25) is 4.99 Å². The number of nitrogens with zero attached hydrogens (tertiary/aromatic N) is 1. The molecule has 0 atom stereocenters. The second kappa shape index (κ2) is 4.13. The Labute approximate surface area is 101 Å². The summed E-state index contributed by atoms with van der Waals surface area (Å²) in [7, 11) is 0. The van der Waals surface area contributed by atoms with Crippen LogP contribution in [-0.4, -0.2) is 18.9 Å². The summed E-state index contributed by atoms with van der Waals surface area (Å²) in [6, 6.07) is 7.07. The summed E-state index contributed by atoms with van der Waals surface area (Å²) in [5, 5.41) is 3.32. The average molecular weight is 232 g/mol. The average Bonchev–Trinajstić information content (AvgIpc) is 2.76. The predicted octanol–water partition coefficient (Wildman–Crippen LogP) is 2.64.